The molecule has 0 amide bonds. The SMILES string of the molecule is Cc1cccc(-n2[nH]cc(-c3nnn(Cc4ccc(Br)cc4)n3)c2=S)c1C. The lowest BCUT2D eigenvalue weighted by atomic mass is 10.1. The fourth-order valence-corrected chi connectivity index (χ4v) is 3.42. The van der Waals surface area contributed by atoms with Gasteiger partial charge in [-0.2, -0.15) is 4.80 Å². The molecule has 0 aliphatic heterocycles. The second kappa shape index (κ2) is 7.21. The van der Waals surface area contributed by atoms with Gasteiger partial charge in [0.05, 0.1) is 17.8 Å². The maximum Gasteiger partial charge on any atom is 0.209 e. The molecule has 2 aromatic heterocycles. The van der Waals surface area contributed by atoms with Crippen molar-refractivity contribution < 1.29 is 0 Å². The number of tetrazole rings is 1. The number of aromatic amines is 1. The molecule has 4 rings (SSSR count). The van der Waals surface area contributed by atoms with Gasteiger partial charge in [0.1, 0.15) is 4.64 Å². The van der Waals surface area contributed by atoms with Gasteiger partial charge < -0.3 is 0 Å². The van der Waals surface area contributed by atoms with Crippen LogP contribution in [0.1, 0.15) is 16.7 Å². The summed E-state index contributed by atoms with van der Waals surface area (Å²) in [6.07, 6.45) is 1.82. The van der Waals surface area contributed by atoms with Gasteiger partial charge in [0.2, 0.25) is 5.82 Å². The first-order valence-corrected chi connectivity index (χ1v) is 9.62. The van der Waals surface area contributed by atoms with Crippen LogP contribution in [-0.4, -0.2) is 30.0 Å². The highest BCUT2D eigenvalue weighted by molar-refractivity contribution is 9.10. The lowest BCUT2D eigenvalue weighted by molar-refractivity contribution is 0.573. The molecule has 8 heteroatoms. The molecule has 0 saturated heterocycles. The number of halogens is 1. The summed E-state index contributed by atoms with van der Waals surface area (Å²) in [5.41, 5.74) is 5.26. The van der Waals surface area contributed by atoms with Crippen LogP contribution in [0.4, 0.5) is 0 Å². The van der Waals surface area contributed by atoms with Gasteiger partial charge in [-0.05, 0) is 54.0 Å². The Bertz CT molecular complexity index is 1160. The summed E-state index contributed by atoms with van der Waals surface area (Å²) in [6, 6.07) is 14.2. The van der Waals surface area contributed by atoms with Crippen LogP contribution in [0, 0.1) is 18.5 Å². The molecule has 2 aromatic carbocycles. The van der Waals surface area contributed by atoms with Crippen LogP contribution >= 0.6 is 28.1 Å². The number of nitrogens with zero attached hydrogens (tertiary/aromatic N) is 5. The van der Waals surface area contributed by atoms with Crippen LogP contribution < -0.4 is 0 Å². The molecule has 0 aliphatic carbocycles. The van der Waals surface area contributed by atoms with Crippen LogP contribution in [0.15, 0.2) is 53.1 Å². The molecule has 0 atom stereocenters. The molecule has 0 radical (unpaired) electrons. The Labute approximate surface area is 170 Å². The third-order valence-corrected chi connectivity index (χ3v) is 5.45. The maximum absolute atomic E-state index is 5.65. The average molecular weight is 441 g/mol. The van der Waals surface area contributed by atoms with Crippen molar-refractivity contribution >= 4 is 28.1 Å². The minimum Gasteiger partial charge on any atom is -0.299 e. The van der Waals surface area contributed by atoms with E-state index < -0.39 is 0 Å². The van der Waals surface area contributed by atoms with Crippen LogP contribution in [0.5, 0.6) is 0 Å². The molecule has 0 saturated carbocycles. The highest BCUT2D eigenvalue weighted by atomic mass is 79.9. The fraction of sp³-hybridized carbons (Fsp3) is 0.158. The predicted octanol–water partition coefficient (Wildman–Crippen LogP) is 4.62. The molecule has 4 aromatic rings. The monoisotopic (exact) mass is 440 g/mol. The van der Waals surface area contributed by atoms with Crippen molar-refractivity contribution in [3.8, 4) is 17.1 Å². The van der Waals surface area contributed by atoms with Crippen LogP contribution in [-0.2, 0) is 6.54 Å². The van der Waals surface area contributed by atoms with Gasteiger partial charge in [-0.15, -0.1) is 10.2 Å². The quantitative estimate of drug-likeness (QED) is 0.470. The number of nitrogens with one attached hydrogen (secondary N) is 1. The van der Waals surface area contributed by atoms with Crippen molar-refractivity contribution in [3.63, 3.8) is 0 Å². The van der Waals surface area contributed by atoms with Crippen molar-refractivity contribution in [2.45, 2.75) is 20.4 Å². The summed E-state index contributed by atoms with van der Waals surface area (Å²) in [5, 5.41) is 16.0. The van der Waals surface area contributed by atoms with Gasteiger partial charge in [0.25, 0.3) is 0 Å². The van der Waals surface area contributed by atoms with Gasteiger partial charge in [-0.25, -0.2) is 4.68 Å². The maximum atomic E-state index is 5.65. The molecule has 0 spiro atoms. The van der Waals surface area contributed by atoms with E-state index >= 15 is 0 Å². The standard InChI is InChI=1S/C19H17BrN6S/c1-12-4-3-5-17(13(12)2)26-19(27)16(10-21-26)18-22-24-25(23-18)11-14-6-8-15(20)9-7-14/h3-10,21H,11H2,1-2H3. The number of hydrogen-bond acceptors (Lipinski definition) is 4. The topological polar surface area (TPSA) is 64.3 Å². The molecule has 6 nitrogen and oxygen atoms in total. The molecule has 2 heterocycles. The molecular weight excluding hydrogens is 424 g/mol. The number of H-pyrrole nitrogens is 1. The summed E-state index contributed by atoms with van der Waals surface area (Å²) in [4.78, 5) is 1.57. The Kier molecular flexibility index (Phi) is 4.75. The first-order chi connectivity index (χ1) is 13.0. The van der Waals surface area contributed by atoms with Gasteiger partial charge in [0, 0.05) is 10.7 Å². The molecule has 1 N–H and O–H groups in total. The number of benzene rings is 2. The number of hydrogen-bond donors (Lipinski definition) is 1. The Morgan fingerprint density at radius 1 is 1.11 bits per heavy atom. The largest absolute Gasteiger partial charge is 0.299 e. The van der Waals surface area contributed by atoms with Gasteiger partial charge in [-0.3, -0.25) is 5.10 Å². The summed E-state index contributed by atoms with van der Waals surface area (Å²) in [6.45, 7) is 4.72. The Balaban J connectivity index is 1.65. The first-order valence-electron chi connectivity index (χ1n) is 8.42. The number of aryl methyl sites for hydroxylation is 1. The molecule has 0 bridgehead atoms. The van der Waals surface area contributed by atoms with Crippen molar-refractivity contribution in [2.24, 2.45) is 0 Å². The van der Waals surface area contributed by atoms with E-state index in [4.69, 9.17) is 12.2 Å². The highest BCUT2D eigenvalue weighted by Gasteiger charge is 2.14. The third kappa shape index (κ3) is 3.50. The zero-order valence-electron chi connectivity index (χ0n) is 14.8. The average Bonchev–Trinajstić information content (AvgIpc) is 3.26. The number of aromatic nitrogens is 6. The van der Waals surface area contributed by atoms with E-state index in [0.29, 0.717) is 17.0 Å². The second-order valence-electron chi connectivity index (χ2n) is 6.32. The molecule has 0 fully saturated rings. The zero-order chi connectivity index (χ0) is 19.0. The Morgan fingerprint density at radius 3 is 2.67 bits per heavy atom. The summed E-state index contributed by atoms with van der Waals surface area (Å²) in [5.74, 6) is 0.511. The lowest BCUT2D eigenvalue weighted by Gasteiger charge is -2.09. The van der Waals surface area contributed by atoms with Crippen molar-refractivity contribution in [3.05, 3.63) is 74.5 Å². The Hall–Kier alpha value is -2.58. The molecule has 0 aliphatic rings. The van der Waals surface area contributed by atoms with Crippen molar-refractivity contribution in [1.29, 1.82) is 0 Å². The van der Waals surface area contributed by atoms with Crippen molar-refractivity contribution in [1.82, 2.24) is 30.0 Å². The van der Waals surface area contributed by atoms with Crippen LogP contribution in [0.2, 0.25) is 0 Å². The zero-order valence-corrected chi connectivity index (χ0v) is 17.3. The smallest absolute Gasteiger partial charge is 0.209 e. The fourth-order valence-electron chi connectivity index (χ4n) is 2.86. The van der Waals surface area contributed by atoms with E-state index in [1.807, 2.05) is 47.3 Å². The minimum atomic E-state index is 0.511. The van der Waals surface area contributed by atoms with Gasteiger partial charge >= 0.3 is 0 Å². The van der Waals surface area contributed by atoms with Crippen LogP contribution in [0.3, 0.4) is 0 Å². The first kappa shape index (κ1) is 17.8. The van der Waals surface area contributed by atoms with E-state index in [1.165, 1.54) is 11.1 Å². The Morgan fingerprint density at radius 2 is 1.89 bits per heavy atom. The second-order valence-corrected chi connectivity index (χ2v) is 7.62. The minimum absolute atomic E-state index is 0.511. The normalized spacial score (nSPS) is 11.1. The van der Waals surface area contributed by atoms with Gasteiger partial charge in [0.15, 0.2) is 0 Å². The summed E-state index contributed by atoms with van der Waals surface area (Å²) in [7, 11) is 0. The molecule has 136 valence electrons. The van der Waals surface area contributed by atoms with E-state index in [0.717, 1.165) is 21.3 Å². The van der Waals surface area contributed by atoms with Crippen molar-refractivity contribution in [2.75, 3.05) is 0 Å². The number of rotatable bonds is 4. The summed E-state index contributed by atoms with van der Waals surface area (Å²) >= 11 is 9.09. The lowest BCUT2D eigenvalue weighted by Crippen LogP contribution is -2.03. The van der Waals surface area contributed by atoms with Gasteiger partial charge in [-0.1, -0.05) is 52.4 Å². The molecular formula is C19H17BrN6S. The molecule has 27 heavy (non-hydrogen) atoms. The van der Waals surface area contributed by atoms with E-state index in [1.54, 1.807) is 4.80 Å². The summed E-state index contributed by atoms with van der Waals surface area (Å²) < 4.78 is 3.55. The van der Waals surface area contributed by atoms with Crippen LogP contribution in [0.25, 0.3) is 17.1 Å². The van der Waals surface area contributed by atoms with E-state index in [2.05, 4.69) is 56.4 Å². The van der Waals surface area contributed by atoms with E-state index in [-0.39, 0.29) is 0 Å². The highest BCUT2D eigenvalue weighted by Crippen LogP contribution is 2.22. The van der Waals surface area contributed by atoms with E-state index in [9.17, 15) is 0 Å². The third-order valence-electron chi connectivity index (χ3n) is 4.52. The molecule has 0 unspecified atom stereocenters. The predicted molar refractivity (Wildman–Crippen MR) is 110 cm³/mol.